The zero-order chi connectivity index (χ0) is 12.5. The number of rotatable bonds is 8. The fourth-order valence-corrected chi connectivity index (χ4v) is 1.59. The van der Waals surface area contributed by atoms with Gasteiger partial charge >= 0.3 is 6.48 Å². The fourth-order valence-electron chi connectivity index (χ4n) is 1.59. The Morgan fingerprint density at radius 3 is 2.24 bits per heavy atom. The Morgan fingerprint density at radius 1 is 1.00 bits per heavy atom. The van der Waals surface area contributed by atoms with Gasteiger partial charge in [0.25, 0.3) is 0 Å². The topological polar surface area (TPSA) is 27.7 Å². The molecule has 0 N–H and O–H groups in total. The van der Waals surface area contributed by atoms with E-state index in [0.29, 0.717) is 13.2 Å². The second kappa shape index (κ2) is 8.09. The number of ether oxygens (including phenoxy) is 3. The largest absolute Gasteiger partial charge is 0.441 e. The lowest BCUT2D eigenvalue weighted by atomic mass is 10.1. The van der Waals surface area contributed by atoms with Crippen molar-refractivity contribution in [1.29, 1.82) is 0 Å². The molecule has 0 unspecified atom stereocenters. The van der Waals surface area contributed by atoms with Crippen molar-refractivity contribution in [2.24, 2.45) is 0 Å². The minimum absolute atomic E-state index is 0.570. The molecule has 0 aromatic heterocycles. The minimum Gasteiger partial charge on any atom is -0.441 e. The van der Waals surface area contributed by atoms with Gasteiger partial charge in [0.15, 0.2) is 0 Å². The Hall–Kier alpha value is -1.06. The van der Waals surface area contributed by atoms with E-state index in [4.69, 9.17) is 14.2 Å². The highest BCUT2D eigenvalue weighted by Crippen LogP contribution is 2.21. The molecule has 0 saturated carbocycles. The summed E-state index contributed by atoms with van der Waals surface area (Å²) < 4.78 is 16.5. The summed E-state index contributed by atoms with van der Waals surface area (Å²) in [6, 6.07) is 8.02. The second-order valence-electron chi connectivity index (χ2n) is 3.67. The lowest BCUT2D eigenvalue weighted by Gasteiger charge is -2.19. The van der Waals surface area contributed by atoms with Crippen molar-refractivity contribution in [2.75, 3.05) is 13.2 Å². The van der Waals surface area contributed by atoms with Gasteiger partial charge in [-0.05, 0) is 31.9 Å². The predicted molar refractivity (Wildman–Crippen MR) is 68.1 cm³/mol. The Kier molecular flexibility index (Phi) is 6.67. The van der Waals surface area contributed by atoms with Gasteiger partial charge < -0.3 is 14.2 Å². The van der Waals surface area contributed by atoms with Crippen LogP contribution in [0.3, 0.4) is 0 Å². The Balaban J connectivity index is 2.69. The summed E-state index contributed by atoms with van der Waals surface area (Å²) >= 11 is 0. The molecule has 3 nitrogen and oxygen atoms in total. The van der Waals surface area contributed by atoms with E-state index in [1.807, 2.05) is 32.0 Å². The third-order valence-corrected chi connectivity index (χ3v) is 2.32. The Labute approximate surface area is 104 Å². The van der Waals surface area contributed by atoms with E-state index in [0.717, 1.165) is 18.6 Å². The van der Waals surface area contributed by atoms with Crippen LogP contribution in [0.1, 0.15) is 32.8 Å². The molecule has 1 aromatic rings. The molecule has 0 aliphatic carbocycles. The van der Waals surface area contributed by atoms with Crippen LogP contribution in [0.2, 0.25) is 0 Å². The van der Waals surface area contributed by atoms with Crippen LogP contribution in [-0.4, -0.2) is 19.7 Å². The molecule has 96 valence electrons. The van der Waals surface area contributed by atoms with E-state index in [2.05, 4.69) is 13.0 Å². The molecule has 0 radical (unpaired) electrons. The minimum atomic E-state index is -0.608. The third-order valence-electron chi connectivity index (χ3n) is 2.32. The van der Waals surface area contributed by atoms with E-state index in [-0.39, 0.29) is 0 Å². The van der Waals surface area contributed by atoms with E-state index >= 15 is 0 Å². The average molecular weight is 238 g/mol. The molecule has 0 spiro atoms. The van der Waals surface area contributed by atoms with Crippen LogP contribution in [0.4, 0.5) is 0 Å². The number of aryl methyl sites for hydroxylation is 1. The van der Waals surface area contributed by atoms with Gasteiger partial charge in [0.2, 0.25) is 0 Å². The lowest BCUT2D eigenvalue weighted by molar-refractivity contribution is -0.242. The molecule has 0 saturated heterocycles. The zero-order valence-corrected chi connectivity index (χ0v) is 10.9. The quantitative estimate of drug-likeness (QED) is 0.650. The van der Waals surface area contributed by atoms with Gasteiger partial charge in [-0.2, -0.15) is 0 Å². The molecule has 0 heterocycles. The van der Waals surface area contributed by atoms with Crippen LogP contribution >= 0.6 is 0 Å². The van der Waals surface area contributed by atoms with E-state index < -0.39 is 6.48 Å². The molecule has 0 amide bonds. The Morgan fingerprint density at radius 2 is 1.65 bits per heavy atom. The molecular formula is C14H22O3. The van der Waals surface area contributed by atoms with Crippen LogP contribution in [0.15, 0.2) is 24.3 Å². The monoisotopic (exact) mass is 238 g/mol. The van der Waals surface area contributed by atoms with Gasteiger partial charge in [-0.3, -0.25) is 0 Å². The molecule has 0 aliphatic rings. The molecule has 1 rings (SSSR count). The number of para-hydroxylation sites is 1. The second-order valence-corrected chi connectivity index (χ2v) is 3.67. The molecular weight excluding hydrogens is 216 g/mol. The van der Waals surface area contributed by atoms with Crippen molar-refractivity contribution >= 4 is 0 Å². The summed E-state index contributed by atoms with van der Waals surface area (Å²) in [5.74, 6) is 0.848. The van der Waals surface area contributed by atoms with Crippen LogP contribution in [0, 0.1) is 0 Å². The van der Waals surface area contributed by atoms with Gasteiger partial charge in [-0.25, -0.2) is 0 Å². The normalized spacial score (nSPS) is 10.8. The van der Waals surface area contributed by atoms with Crippen molar-refractivity contribution < 1.29 is 14.2 Å². The first-order valence-electron chi connectivity index (χ1n) is 6.29. The number of benzene rings is 1. The molecule has 0 aliphatic heterocycles. The van der Waals surface area contributed by atoms with Gasteiger partial charge in [0.05, 0.1) is 13.2 Å². The summed E-state index contributed by atoms with van der Waals surface area (Å²) in [7, 11) is 0. The van der Waals surface area contributed by atoms with Gasteiger partial charge in [-0.1, -0.05) is 31.5 Å². The first-order valence-corrected chi connectivity index (χ1v) is 6.29. The highest BCUT2D eigenvalue weighted by Gasteiger charge is 2.11. The Bertz CT molecular complexity index is 306. The van der Waals surface area contributed by atoms with Crippen molar-refractivity contribution in [3.8, 4) is 5.75 Å². The molecule has 0 atom stereocenters. The number of hydrogen-bond donors (Lipinski definition) is 0. The maximum Gasteiger partial charge on any atom is 0.315 e. The van der Waals surface area contributed by atoms with Gasteiger partial charge in [0.1, 0.15) is 5.75 Å². The maximum absolute atomic E-state index is 5.73. The average Bonchev–Trinajstić information content (AvgIpc) is 2.33. The molecule has 17 heavy (non-hydrogen) atoms. The molecule has 0 fully saturated rings. The van der Waals surface area contributed by atoms with Gasteiger partial charge in [-0.15, -0.1) is 0 Å². The van der Waals surface area contributed by atoms with Crippen LogP contribution < -0.4 is 4.74 Å². The lowest BCUT2D eigenvalue weighted by Crippen LogP contribution is -2.24. The van der Waals surface area contributed by atoms with E-state index in [1.165, 1.54) is 5.56 Å². The van der Waals surface area contributed by atoms with Crippen LogP contribution in [-0.2, 0) is 15.9 Å². The molecule has 3 heteroatoms. The summed E-state index contributed by atoms with van der Waals surface area (Å²) in [4.78, 5) is 0. The van der Waals surface area contributed by atoms with Crippen LogP contribution in [0.25, 0.3) is 0 Å². The first-order chi connectivity index (χ1) is 8.31. The molecule has 0 bridgehead atoms. The first kappa shape index (κ1) is 14.0. The smallest absolute Gasteiger partial charge is 0.315 e. The fraction of sp³-hybridized carbons (Fsp3) is 0.571. The standard InChI is InChI=1S/C14H22O3/c1-4-9-12-10-7-8-11-13(12)17-14(15-5-2)16-6-3/h7-8,10-11,14H,4-6,9H2,1-3H3. The predicted octanol–water partition coefficient (Wildman–Crippen LogP) is 3.37. The number of hydrogen-bond acceptors (Lipinski definition) is 3. The SMILES string of the molecule is CCCc1ccccc1OC(OCC)OCC. The third kappa shape index (κ3) is 4.75. The zero-order valence-electron chi connectivity index (χ0n) is 10.9. The summed E-state index contributed by atoms with van der Waals surface area (Å²) in [5, 5.41) is 0. The highest BCUT2D eigenvalue weighted by molar-refractivity contribution is 5.33. The maximum atomic E-state index is 5.73. The van der Waals surface area contributed by atoms with Crippen molar-refractivity contribution in [3.05, 3.63) is 29.8 Å². The highest BCUT2D eigenvalue weighted by atomic mass is 16.8. The van der Waals surface area contributed by atoms with Crippen molar-refractivity contribution in [1.82, 2.24) is 0 Å². The summed E-state index contributed by atoms with van der Waals surface area (Å²) in [6.07, 6.45) is 2.09. The van der Waals surface area contributed by atoms with Crippen molar-refractivity contribution in [3.63, 3.8) is 0 Å². The summed E-state index contributed by atoms with van der Waals surface area (Å²) in [6.45, 7) is 6.53. The van der Waals surface area contributed by atoms with E-state index in [9.17, 15) is 0 Å². The molecule has 1 aromatic carbocycles. The van der Waals surface area contributed by atoms with Gasteiger partial charge in [0, 0.05) is 0 Å². The summed E-state index contributed by atoms with van der Waals surface area (Å²) in [5.41, 5.74) is 1.19. The van der Waals surface area contributed by atoms with E-state index in [1.54, 1.807) is 0 Å². The van der Waals surface area contributed by atoms with Crippen molar-refractivity contribution in [2.45, 2.75) is 40.1 Å². The van der Waals surface area contributed by atoms with Crippen LogP contribution in [0.5, 0.6) is 5.75 Å².